The van der Waals surface area contributed by atoms with Crippen LogP contribution in [0.3, 0.4) is 0 Å². The summed E-state index contributed by atoms with van der Waals surface area (Å²) in [6.07, 6.45) is 3.18. The van der Waals surface area contributed by atoms with E-state index in [2.05, 4.69) is 5.32 Å². The van der Waals surface area contributed by atoms with Gasteiger partial charge in [-0.3, -0.25) is 4.79 Å². The number of halogens is 1. The van der Waals surface area contributed by atoms with Crippen molar-refractivity contribution in [1.29, 1.82) is 0 Å². The molecule has 0 amide bonds. The summed E-state index contributed by atoms with van der Waals surface area (Å²) in [5, 5.41) is 5.79. The second-order valence-electron chi connectivity index (χ2n) is 5.33. The Bertz CT molecular complexity index is 894. The van der Waals surface area contributed by atoms with Gasteiger partial charge in [0.25, 0.3) is 0 Å². The van der Waals surface area contributed by atoms with Crippen LogP contribution in [0.15, 0.2) is 72.9 Å². The lowest BCUT2D eigenvalue weighted by molar-refractivity contribution is 0.104. The third kappa shape index (κ3) is 3.43. The molecule has 0 aliphatic carbocycles. The summed E-state index contributed by atoms with van der Waals surface area (Å²) in [7, 11) is 0. The molecular weight excluding hydrogens is 306 g/mol. The standard InChI is InChI=1S/C20H16ClNO/c1-14-9-10-16(13-19(14)21)22-12-11-20(23)18-8-4-6-15-5-2-3-7-17(15)18/h2-13,22H,1H3/b12-11-. The molecule has 0 aliphatic rings. The number of carbonyl (C=O) groups is 1. The van der Waals surface area contributed by atoms with Crippen LogP contribution in [0.25, 0.3) is 10.8 Å². The van der Waals surface area contributed by atoms with Crippen LogP contribution >= 0.6 is 11.6 Å². The maximum atomic E-state index is 12.4. The quantitative estimate of drug-likeness (QED) is 0.500. The highest BCUT2D eigenvalue weighted by molar-refractivity contribution is 6.31. The van der Waals surface area contributed by atoms with Gasteiger partial charge in [0, 0.05) is 28.5 Å². The monoisotopic (exact) mass is 321 g/mol. The Morgan fingerprint density at radius 3 is 2.65 bits per heavy atom. The third-order valence-electron chi connectivity index (χ3n) is 3.71. The van der Waals surface area contributed by atoms with Crippen molar-refractivity contribution in [2.24, 2.45) is 0 Å². The van der Waals surface area contributed by atoms with Gasteiger partial charge in [-0.25, -0.2) is 0 Å². The molecule has 3 aromatic rings. The van der Waals surface area contributed by atoms with Crippen LogP contribution in [0, 0.1) is 6.92 Å². The van der Waals surface area contributed by atoms with Gasteiger partial charge < -0.3 is 5.32 Å². The Balaban J connectivity index is 1.79. The molecule has 0 atom stereocenters. The maximum Gasteiger partial charge on any atom is 0.187 e. The van der Waals surface area contributed by atoms with E-state index in [1.807, 2.05) is 67.6 Å². The van der Waals surface area contributed by atoms with Crippen LogP contribution in [0.5, 0.6) is 0 Å². The number of carbonyl (C=O) groups excluding carboxylic acids is 1. The van der Waals surface area contributed by atoms with Gasteiger partial charge in [0.05, 0.1) is 0 Å². The highest BCUT2D eigenvalue weighted by Crippen LogP contribution is 2.21. The van der Waals surface area contributed by atoms with Crippen molar-refractivity contribution < 1.29 is 4.79 Å². The lowest BCUT2D eigenvalue weighted by Gasteiger charge is -2.04. The van der Waals surface area contributed by atoms with Crippen molar-refractivity contribution >= 4 is 33.8 Å². The molecular formula is C20H16ClNO. The van der Waals surface area contributed by atoms with Crippen molar-refractivity contribution in [1.82, 2.24) is 0 Å². The van der Waals surface area contributed by atoms with E-state index in [1.54, 1.807) is 6.20 Å². The van der Waals surface area contributed by atoms with Crippen molar-refractivity contribution in [2.45, 2.75) is 6.92 Å². The normalized spacial score (nSPS) is 11.0. The molecule has 0 saturated heterocycles. The summed E-state index contributed by atoms with van der Waals surface area (Å²) >= 11 is 6.09. The van der Waals surface area contributed by atoms with Gasteiger partial charge in [0.1, 0.15) is 0 Å². The molecule has 0 unspecified atom stereocenters. The highest BCUT2D eigenvalue weighted by Gasteiger charge is 2.06. The minimum atomic E-state index is -0.0347. The predicted molar refractivity (Wildman–Crippen MR) is 97.2 cm³/mol. The Morgan fingerprint density at radius 2 is 1.83 bits per heavy atom. The van der Waals surface area contributed by atoms with Gasteiger partial charge in [-0.2, -0.15) is 0 Å². The van der Waals surface area contributed by atoms with Gasteiger partial charge in [-0.1, -0.05) is 60.1 Å². The number of hydrogen-bond acceptors (Lipinski definition) is 2. The Labute approximate surface area is 140 Å². The Hall–Kier alpha value is -2.58. The summed E-state index contributed by atoms with van der Waals surface area (Å²) in [4.78, 5) is 12.4. The molecule has 3 rings (SSSR count). The number of fused-ring (bicyclic) bond motifs is 1. The van der Waals surface area contributed by atoms with Crippen molar-refractivity contribution in [3.8, 4) is 0 Å². The molecule has 0 saturated carbocycles. The molecule has 0 fully saturated rings. The fraction of sp³-hybridized carbons (Fsp3) is 0.0500. The van der Waals surface area contributed by atoms with Crippen molar-refractivity contribution in [3.05, 3.63) is 89.1 Å². The molecule has 0 radical (unpaired) electrons. The first-order valence-corrected chi connectivity index (χ1v) is 7.74. The van der Waals surface area contributed by atoms with Gasteiger partial charge in [0.15, 0.2) is 5.78 Å². The van der Waals surface area contributed by atoms with Crippen LogP contribution in [0.2, 0.25) is 5.02 Å². The first kappa shape index (κ1) is 15.3. The lowest BCUT2D eigenvalue weighted by Crippen LogP contribution is -1.97. The lowest BCUT2D eigenvalue weighted by atomic mass is 10.0. The molecule has 0 aliphatic heterocycles. The largest absolute Gasteiger partial charge is 0.362 e. The van der Waals surface area contributed by atoms with Gasteiger partial charge >= 0.3 is 0 Å². The van der Waals surface area contributed by atoms with Crippen molar-refractivity contribution in [3.63, 3.8) is 0 Å². The van der Waals surface area contributed by atoms with Gasteiger partial charge in [0.2, 0.25) is 0 Å². The maximum absolute atomic E-state index is 12.4. The van der Waals surface area contributed by atoms with E-state index in [-0.39, 0.29) is 5.78 Å². The van der Waals surface area contributed by atoms with Crippen LogP contribution in [-0.2, 0) is 0 Å². The second kappa shape index (κ2) is 6.67. The average molecular weight is 322 g/mol. The number of rotatable bonds is 4. The Kier molecular flexibility index (Phi) is 4.45. The first-order valence-electron chi connectivity index (χ1n) is 7.36. The van der Waals surface area contributed by atoms with Crippen LogP contribution in [-0.4, -0.2) is 5.78 Å². The summed E-state index contributed by atoms with van der Waals surface area (Å²) in [5.41, 5.74) is 2.57. The van der Waals surface area contributed by atoms with Gasteiger partial charge in [-0.15, -0.1) is 0 Å². The van der Waals surface area contributed by atoms with Crippen LogP contribution in [0.4, 0.5) is 5.69 Å². The minimum absolute atomic E-state index is 0.0347. The molecule has 0 aromatic heterocycles. The zero-order valence-electron chi connectivity index (χ0n) is 12.7. The highest BCUT2D eigenvalue weighted by atomic mass is 35.5. The fourth-order valence-corrected chi connectivity index (χ4v) is 2.61. The predicted octanol–water partition coefficient (Wildman–Crippen LogP) is 5.61. The number of benzene rings is 3. The van der Waals surface area contributed by atoms with E-state index < -0.39 is 0 Å². The second-order valence-corrected chi connectivity index (χ2v) is 5.74. The van der Waals surface area contributed by atoms with E-state index in [9.17, 15) is 4.79 Å². The molecule has 0 heterocycles. The average Bonchev–Trinajstić information content (AvgIpc) is 2.57. The molecule has 3 heteroatoms. The van der Waals surface area contributed by atoms with E-state index in [0.29, 0.717) is 10.6 Å². The van der Waals surface area contributed by atoms with E-state index in [4.69, 9.17) is 11.6 Å². The van der Waals surface area contributed by atoms with E-state index in [0.717, 1.165) is 22.0 Å². The number of anilines is 1. The first-order chi connectivity index (χ1) is 11.1. The minimum Gasteiger partial charge on any atom is -0.362 e. The SMILES string of the molecule is Cc1ccc(N/C=C\C(=O)c2cccc3ccccc23)cc1Cl. The zero-order valence-corrected chi connectivity index (χ0v) is 13.5. The van der Waals surface area contributed by atoms with Crippen LogP contribution in [0.1, 0.15) is 15.9 Å². The molecule has 1 N–H and O–H groups in total. The Morgan fingerprint density at radius 1 is 1.04 bits per heavy atom. The number of nitrogens with one attached hydrogen (secondary N) is 1. The fourth-order valence-electron chi connectivity index (χ4n) is 2.43. The van der Waals surface area contributed by atoms with Gasteiger partial charge in [-0.05, 0) is 35.4 Å². The number of aryl methyl sites for hydroxylation is 1. The van der Waals surface area contributed by atoms with Crippen molar-refractivity contribution in [2.75, 3.05) is 5.32 Å². The summed E-state index contributed by atoms with van der Waals surface area (Å²) in [5.74, 6) is -0.0347. The molecule has 3 aromatic carbocycles. The summed E-state index contributed by atoms with van der Waals surface area (Å²) in [6.45, 7) is 1.95. The van der Waals surface area contributed by atoms with E-state index in [1.165, 1.54) is 6.08 Å². The number of allylic oxidation sites excluding steroid dienone is 1. The molecule has 0 spiro atoms. The third-order valence-corrected chi connectivity index (χ3v) is 4.12. The molecule has 23 heavy (non-hydrogen) atoms. The topological polar surface area (TPSA) is 29.1 Å². The van der Waals surface area contributed by atoms with E-state index >= 15 is 0 Å². The summed E-state index contributed by atoms with van der Waals surface area (Å²) in [6, 6.07) is 19.3. The van der Waals surface area contributed by atoms with Crippen LogP contribution < -0.4 is 5.32 Å². The smallest absolute Gasteiger partial charge is 0.187 e. The number of ketones is 1. The molecule has 114 valence electrons. The molecule has 0 bridgehead atoms. The number of hydrogen-bond donors (Lipinski definition) is 1. The summed E-state index contributed by atoms with van der Waals surface area (Å²) < 4.78 is 0. The zero-order chi connectivity index (χ0) is 16.2. The molecule has 2 nitrogen and oxygen atoms in total.